The van der Waals surface area contributed by atoms with Crippen molar-refractivity contribution in [2.45, 2.75) is 0 Å². The minimum absolute atomic E-state index is 0.0872. The van der Waals surface area contributed by atoms with Gasteiger partial charge in [-0.3, -0.25) is 14.9 Å². The molecular formula is C14H9BrClNO4. The van der Waals surface area contributed by atoms with Gasteiger partial charge in [0.2, 0.25) is 11.5 Å². The Morgan fingerprint density at radius 1 is 1.24 bits per heavy atom. The van der Waals surface area contributed by atoms with Gasteiger partial charge in [-0.25, -0.2) is 0 Å². The smallest absolute Gasteiger partial charge is 0.312 e. The van der Waals surface area contributed by atoms with Crippen LogP contribution in [0.5, 0.6) is 5.75 Å². The third-order valence-electron chi connectivity index (χ3n) is 2.66. The van der Waals surface area contributed by atoms with Crippen molar-refractivity contribution in [1.29, 1.82) is 0 Å². The highest BCUT2D eigenvalue weighted by molar-refractivity contribution is 9.10. The first-order valence-corrected chi connectivity index (χ1v) is 7.01. The molecule has 0 spiro atoms. The molecule has 2 aromatic rings. The molecule has 0 saturated heterocycles. The molecule has 0 saturated carbocycles. The van der Waals surface area contributed by atoms with Crippen LogP contribution in [0.1, 0.15) is 10.4 Å². The summed E-state index contributed by atoms with van der Waals surface area (Å²) in [5.41, 5.74) is 0.162. The Morgan fingerprint density at radius 3 is 2.62 bits per heavy atom. The molecule has 2 aromatic carbocycles. The standard InChI is InChI=1S/C14H9BrClNO4/c15-10-5-2-1-4-9(10)13(18)8-21-14-11(16)6-3-7-12(14)17(19)20/h1-7H,8H2. The Kier molecular flexibility index (Phi) is 4.93. The van der Waals surface area contributed by atoms with Crippen molar-refractivity contribution in [1.82, 2.24) is 0 Å². The van der Waals surface area contributed by atoms with E-state index in [2.05, 4.69) is 15.9 Å². The van der Waals surface area contributed by atoms with Gasteiger partial charge >= 0.3 is 5.69 Å². The van der Waals surface area contributed by atoms with Crippen LogP contribution in [0.2, 0.25) is 5.02 Å². The number of nitro groups is 1. The van der Waals surface area contributed by atoms with Gasteiger partial charge in [-0.05, 0) is 12.1 Å². The summed E-state index contributed by atoms with van der Waals surface area (Å²) in [6.07, 6.45) is 0. The number of benzene rings is 2. The predicted molar refractivity (Wildman–Crippen MR) is 82.1 cm³/mol. The molecule has 0 atom stereocenters. The van der Waals surface area contributed by atoms with Crippen LogP contribution in [0.15, 0.2) is 46.9 Å². The van der Waals surface area contributed by atoms with Crippen LogP contribution in [0, 0.1) is 10.1 Å². The van der Waals surface area contributed by atoms with Crippen LogP contribution < -0.4 is 4.74 Å². The minimum atomic E-state index is -0.607. The number of carbonyl (C=O) groups excluding carboxylic acids is 1. The molecule has 108 valence electrons. The number of ketones is 1. The van der Waals surface area contributed by atoms with Crippen molar-refractivity contribution in [2.75, 3.05) is 6.61 Å². The molecular weight excluding hydrogens is 362 g/mol. The van der Waals surface area contributed by atoms with Crippen LogP contribution >= 0.6 is 27.5 Å². The van der Waals surface area contributed by atoms with E-state index in [0.29, 0.717) is 10.0 Å². The number of Topliss-reactive ketones (excluding diaryl/α,β-unsaturated/α-hetero) is 1. The van der Waals surface area contributed by atoms with Crippen LogP contribution in [0.3, 0.4) is 0 Å². The normalized spacial score (nSPS) is 10.2. The van der Waals surface area contributed by atoms with Gasteiger partial charge in [0.1, 0.15) is 0 Å². The fourth-order valence-electron chi connectivity index (χ4n) is 1.69. The molecule has 0 heterocycles. The average molecular weight is 371 g/mol. The highest BCUT2D eigenvalue weighted by Crippen LogP contribution is 2.34. The first kappa shape index (κ1) is 15.5. The van der Waals surface area contributed by atoms with Crippen molar-refractivity contribution >= 4 is 39.0 Å². The van der Waals surface area contributed by atoms with E-state index < -0.39 is 4.92 Å². The molecule has 0 amide bonds. The first-order valence-electron chi connectivity index (χ1n) is 5.84. The summed E-state index contributed by atoms with van der Waals surface area (Å²) in [6.45, 7) is -0.340. The lowest BCUT2D eigenvalue weighted by atomic mass is 10.1. The maximum atomic E-state index is 12.1. The first-order chi connectivity index (χ1) is 10.0. The van der Waals surface area contributed by atoms with E-state index >= 15 is 0 Å². The highest BCUT2D eigenvalue weighted by atomic mass is 79.9. The number of hydrogen-bond acceptors (Lipinski definition) is 4. The number of nitrogens with zero attached hydrogens (tertiary/aromatic N) is 1. The number of nitro benzene ring substituents is 1. The summed E-state index contributed by atoms with van der Waals surface area (Å²) in [5, 5.41) is 11.0. The Morgan fingerprint density at radius 2 is 1.95 bits per heavy atom. The number of hydrogen-bond donors (Lipinski definition) is 0. The molecule has 0 aromatic heterocycles. The zero-order valence-corrected chi connectivity index (χ0v) is 12.9. The van der Waals surface area contributed by atoms with E-state index in [1.807, 2.05) is 0 Å². The van der Waals surface area contributed by atoms with Gasteiger partial charge in [-0.1, -0.05) is 51.8 Å². The quantitative estimate of drug-likeness (QED) is 0.448. The van der Waals surface area contributed by atoms with Gasteiger partial charge in [0, 0.05) is 16.1 Å². The van der Waals surface area contributed by atoms with Crippen LogP contribution in [-0.2, 0) is 0 Å². The molecule has 0 N–H and O–H groups in total. The van der Waals surface area contributed by atoms with Crippen molar-refractivity contribution in [2.24, 2.45) is 0 Å². The summed E-state index contributed by atoms with van der Waals surface area (Å²) < 4.78 is 5.89. The molecule has 0 radical (unpaired) electrons. The van der Waals surface area contributed by atoms with Crippen LogP contribution in [0.4, 0.5) is 5.69 Å². The second-order valence-corrected chi connectivity index (χ2v) is 5.30. The third-order valence-corrected chi connectivity index (χ3v) is 3.65. The maximum Gasteiger partial charge on any atom is 0.312 e. The van der Waals surface area contributed by atoms with E-state index in [1.54, 1.807) is 24.3 Å². The molecule has 0 aliphatic rings. The van der Waals surface area contributed by atoms with Crippen molar-refractivity contribution in [3.8, 4) is 5.75 Å². The fraction of sp³-hybridized carbons (Fsp3) is 0.0714. The summed E-state index contributed by atoms with van der Waals surface area (Å²) in [4.78, 5) is 22.4. The number of rotatable bonds is 5. The molecule has 0 unspecified atom stereocenters. The van der Waals surface area contributed by atoms with E-state index in [4.69, 9.17) is 16.3 Å². The molecule has 7 heteroatoms. The lowest BCUT2D eigenvalue weighted by Gasteiger charge is -2.08. The van der Waals surface area contributed by atoms with E-state index in [9.17, 15) is 14.9 Å². The van der Waals surface area contributed by atoms with E-state index in [0.717, 1.165) is 0 Å². The molecule has 0 bridgehead atoms. The van der Waals surface area contributed by atoms with Gasteiger partial charge in [-0.15, -0.1) is 0 Å². The largest absolute Gasteiger partial charge is 0.477 e. The fourth-order valence-corrected chi connectivity index (χ4v) is 2.42. The number of halogens is 2. The second-order valence-electron chi connectivity index (χ2n) is 4.04. The Hall–Kier alpha value is -1.92. The molecule has 21 heavy (non-hydrogen) atoms. The van der Waals surface area contributed by atoms with Crippen molar-refractivity contribution in [3.05, 3.63) is 67.6 Å². The van der Waals surface area contributed by atoms with E-state index in [1.165, 1.54) is 18.2 Å². The molecule has 2 rings (SSSR count). The number of ether oxygens (including phenoxy) is 1. The molecule has 5 nitrogen and oxygen atoms in total. The summed E-state index contributed by atoms with van der Waals surface area (Å²) in [5.74, 6) is -0.415. The van der Waals surface area contributed by atoms with E-state index in [-0.39, 0.29) is 28.8 Å². The number of carbonyl (C=O) groups is 1. The van der Waals surface area contributed by atoms with Gasteiger partial charge in [0.15, 0.2) is 6.61 Å². The Bertz CT molecular complexity index is 705. The van der Waals surface area contributed by atoms with Gasteiger partial charge in [0.25, 0.3) is 0 Å². The lowest BCUT2D eigenvalue weighted by Crippen LogP contribution is -2.13. The molecule has 0 aliphatic carbocycles. The van der Waals surface area contributed by atoms with Crippen LogP contribution in [-0.4, -0.2) is 17.3 Å². The summed E-state index contributed by atoms with van der Waals surface area (Å²) in [6, 6.07) is 11.0. The molecule has 0 fully saturated rings. The third kappa shape index (κ3) is 3.59. The average Bonchev–Trinajstić information content (AvgIpc) is 2.45. The monoisotopic (exact) mass is 369 g/mol. The number of para-hydroxylation sites is 1. The van der Waals surface area contributed by atoms with Crippen molar-refractivity contribution < 1.29 is 14.5 Å². The van der Waals surface area contributed by atoms with Gasteiger partial charge in [0.05, 0.1) is 9.95 Å². The predicted octanol–water partition coefficient (Wildman–Crippen LogP) is 4.27. The van der Waals surface area contributed by atoms with Crippen molar-refractivity contribution in [3.63, 3.8) is 0 Å². The minimum Gasteiger partial charge on any atom is -0.477 e. The molecule has 0 aliphatic heterocycles. The zero-order valence-electron chi connectivity index (χ0n) is 10.6. The summed E-state index contributed by atoms with van der Waals surface area (Å²) in [7, 11) is 0. The summed E-state index contributed by atoms with van der Waals surface area (Å²) >= 11 is 9.15. The van der Waals surface area contributed by atoms with Gasteiger partial charge < -0.3 is 4.74 Å². The van der Waals surface area contributed by atoms with Crippen LogP contribution in [0.25, 0.3) is 0 Å². The lowest BCUT2D eigenvalue weighted by molar-refractivity contribution is -0.385. The second kappa shape index (κ2) is 6.69. The maximum absolute atomic E-state index is 12.1. The Labute approximate surface area is 133 Å². The Balaban J connectivity index is 2.19. The SMILES string of the molecule is O=C(COc1c(Cl)cccc1[N+](=O)[O-])c1ccccc1Br. The zero-order chi connectivity index (χ0) is 15.4. The van der Waals surface area contributed by atoms with Gasteiger partial charge in [-0.2, -0.15) is 0 Å². The topological polar surface area (TPSA) is 69.4 Å². The highest BCUT2D eigenvalue weighted by Gasteiger charge is 2.20.